The summed E-state index contributed by atoms with van der Waals surface area (Å²) in [5, 5.41) is 0. The minimum atomic E-state index is 0.725. The molecular weight excluding hydrogens is 170 g/mol. The van der Waals surface area contributed by atoms with Crippen LogP contribution in [-0.2, 0) is 0 Å². The van der Waals surface area contributed by atoms with Crippen molar-refractivity contribution in [2.24, 2.45) is 5.92 Å². The van der Waals surface area contributed by atoms with Crippen LogP contribution in [0.15, 0.2) is 12.7 Å². The Labute approximate surface area is 91.2 Å². The Morgan fingerprint density at radius 3 is 2.00 bits per heavy atom. The lowest BCUT2D eigenvalue weighted by Crippen LogP contribution is -2.29. The van der Waals surface area contributed by atoms with Gasteiger partial charge in [0.15, 0.2) is 0 Å². The molecule has 0 saturated carbocycles. The van der Waals surface area contributed by atoms with Crippen molar-refractivity contribution in [3.8, 4) is 0 Å². The third kappa shape index (κ3) is 9.79. The molecule has 0 aromatic carbocycles. The standard InChI is InChI=1S/C11H23N.C2H6/c1-6-7-8-11(12(4)5)9-10(2)3;1-2/h6,10-11H,1,7-9H2,2-5H3;1-2H3. The van der Waals surface area contributed by atoms with Crippen molar-refractivity contribution >= 4 is 0 Å². The Bertz CT molecular complexity index is 116. The molecule has 0 aliphatic rings. The summed E-state index contributed by atoms with van der Waals surface area (Å²) in [5.74, 6) is 0.794. The largest absolute Gasteiger partial charge is 0.306 e. The lowest BCUT2D eigenvalue weighted by atomic mass is 9.99. The van der Waals surface area contributed by atoms with E-state index < -0.39 is 0 Å². The van der Waals surface area contributed by atoms with E-state index in [-0.39, 0.29) is 0 Å². The van der Waals surface area contributed by atoms with E-state index in [1.807, 2.05) is 19.9 Å². The maximum atomic E-state index is 3.75. The first-order chi connectivity index (χ1) is 6.57. The highest BCUT2D eigenvalue weighted by Gasteiger charge is 2.11. The number of hydrogen-bond acceptors (Lipinski definition) is 1. The molecule has 0 fully saturated rings. The summed E-state index contributed by atoms with van der Waals surface area (Å²) in [7, 11) is 4.33. The van der Waals surface area contributed by atoms with E-state index >= 15 is 0 Å². The van der Waals surface area contributed by atoms with Crippen LogP contribution in [-0.4, -0.2) is 25.0 Å². The number of allylic oxidation sites excluding steroid dienone is 1. The molecular formula is C13H29N. The summed E-state index contributed by atoms with van der Waals surface area (Å²) in [4.78, 5) is 2.32. The van der Waals surface area contributed by atoms with Crippen LogP contribution in [0, 0.1) is 5.92 Å². The van der Waals surface area contributed by atoms with Crippen LogP contribution in [0.1, 0.15) is 47.0 Å². The summed E-state index contributed by atoms with van der Waals surface area (Å²) >= 11 is 0. The molecule has 1 heteroatoms. The average molecular weight is 199 g/mol. The summed E-state index contributed by atoms with van der Waals surface area (Å²) in [6, 6.07) is 0.725. The summed E-state index contributed by atoms with van der Waals surface area (Å²) in [6.45, 7) is 12.3. The summed E-state index contributed by atoms with van der Waals surface area (Å²) in [6.07, 6.45) is 5.68. The molecule has 1 atom stereocenters. The summed E-state index contributed by atoms with van der Waals surface area (Å²) < 4.78 is 0. The van der Waals surface area contributed by atoms with E-state index in [4.69, 9.17) is 0 Å². The highest BCUT2D eigenvalue weighted by atomic mass is 15.1. The van der Waals surface area contributed by atoms with Crippen LogP contribution in [0.4, 0.5) is 0 Å². The molecule has 0 bridgehead atoms. The number of hydrogen-bond donors (Lipinski definition) is 0. The van der Waals surface area contributed by atoms with E-state index in [1.165, 1.54) is 12.8 Å². The Morgan fingerprint density at radius 1 is 1.21 bits per heavy atom. The molecule has 0 heterocycles. The van der Waals surface area contributed by atoms with Crippen LogP contribution in [0.3, 0.4) is 0 Å². The fourth-order valence-electron chi connectivity index (χ4n) is 1.44. The molecule has 0 N–H and O–H groups in total. The van der Waals surface area contributed by atoms with Gasteiger partial charge in [-0.3, -0.25) is 0 Å². The fraction of sp³-hybridized carbons (Fsp3) is 0.846. The van der Waals surface area contributed by atoms with Gasteiger partial charge in [0.25, 0.3) is 0 Å². The quantitative estimate of drug-likeness (QED) is 0.585. The predicted molar refractivity (Wildman–Crippen MR) is 67.7 cm³/mol. The topological polar surface area (TPSA) is 3.24 Å². The molecule has 0 radical (unpaired) electrons. The maximum Gasteiger partial charge on any atom is 0.00945 e. The van der Waals surface area contributed by atoms with E-state index in [0.717, 1.165) is 18.4 Å². The van der Waals surface area contributed by atoms with Crippen molar-refractivity contribution in [2.75, 3.05) is 14.1 Å². The zero-order valence-corrected chi connectivity index (χ0v) is 11.0. The third-order valence-electron chi connectivity index (χ3n) is 2.18. The zero-order valence-electron chi connectivity index (χ0n) is 11.0. The normalized spacial score (nSPS) is 12.3. The Balaban J connectivity index is 0. The van der Waals surface area contributed by atoms with Gasteiger partial charge in [-0.15, -0.1) is 6.58 Å². The fourth-order valence-corrected chi connectivity index (χ4v) is 1.44. The molecule has 1 nitrogen and oxygen atoms in total. The van der Waals surface area contributed by atoms with Crippen molar-refractivity contribution in [1.82, 2.24) is 4.90 Å². The van der Waals surface area contributed by atoms with Gasteiger partial charge in [0, 0.05) is 6.04 Å². The highest BCUT2D eigenvalue weighted by molar-refractivity contribution is 4.74. The lowest BCUT2D eigenvalue weighted by Gasteiger charge is -2.25. The van der Waals surface area contributed by atoms with Crippen LogP contribution in [0.2, 0.25) is 0 Å². The van der Waals surface area contributed by atoms with Gasteiger partial charge >= 0.3 is 0 Å². The predicted octanol–water partition coefficient (Wildman–Crippen LogP) is 3.96. The molecule has 1 unspecified atom stereocenters. The number of nitrogens with zero attached hydrogens (tertiary/aromatic N) is 1. The lowest BCUT2D eigenvalue weighted by molar-refractivity contribution is 0.243. The minimum absolute atomic E-state index is 0.725. The molecule has 0 aliphatic carbocycles. The average Bonchev–Trinajstić information content (AvgIpc) is 2.14. The second-order valence-electron chi connectivity index (χ2n) is 4.11. The molecule has 86 valence electrons. The van der Waals surface area contributed by atoms with Crippen molar-refractivity contribution in [3.05, 3.63) is 12.7 Å². The molecule has 0 saturated heterocycles. The van der Waals surface area contributed by atoms with Gasteiger partial charge in [-0.25, -0.2) is 0 Å². The van der Waals surface area contributed by atoms with Crippen LogP contribution in [0.25, 0.3) is 0 Å². The Kier molecular flexibility index (Phi) is 12.4. The van der Waals surface area contributed by atoms with Gasteiger partial charge in [0.1, 0.15) is 0 Å². The van der Waals surface area contributed by atoms with Gasteiger partial charge in [-0.05, 0) is 39.3 Å². The molecule has 0 amide bonds. The third-order valence-corrected chi connectivity index (χ3v) is 2.18. The second-order valence-corrected chi connectivity index (χ2v) is 4.11. The van der Waals surface area contributed by atoms with Crippen molar-refractivity contribution < 1.29 is 0 Å². The molecule has 0 aliphatic heterocycles. The van der Waals surface area contributed by atoms with Crippen molar-refractivity contribution in [3.63, 3.8) is 0 Å². The molecule has 0 spiro atoms. The maximum absolute atomic E-state index is 3.75. The van der Waals surface area contributed by atoms with Gasteiger partial charge in [-0.2, -0.15) is 0 Å². The zero-order chi connectivity index (χ0) is 11.6. The summed E-state index contributed by atoms with van der Waals surface area (Å²) in [5.41, 5.74) is 0. The number of rotatable bonds is 6. The van der Waals surface area contributed by atoms with Gasteiger partial charge < -0.3 is 4.90 Å². The van der Waals surface area contributed by atoms with Crippen LogP contribution in [0.5, 0.6) is 0 Å². The van der Waals surface area contributed by atoms with Crippen molar-refractivity contribution in [2.45, 2.75) is 53.0 Å². The smallest absolute Gasteiger partial charge is 0.00945 e. The van der Waals surface area contributed by atoms with Crippen LogP contribution >= 0.6 is 0 Å². The van der Waals surface area contributed by atoms with E-state index in [9.17, 15) is 0 Å². The molecule has 14 heavy (non-hydrogen) atoms. The Hall–Kier alpha value is -0.300. The first-order valence-corrected chi connectivity index (χ1v) is 5.85. The second kappa shape index (κ2) is 10.8. The van der Waals surface area contributed by atoms with E-state index in [1.54, 1.807) is 0 Å². The van der Waals surface area contributed by atoms with Crippen LogP contribution < -0.4 is 0 Å². The van der Waals surface area contributed by atoms with Crippen molar-refractivity contribution in [1.29, 1.82) is 0 Å². The van der Waals surface area contributed by atoms with E-state index in [0.29, 0.717) is 0 Å². The van der Waals surface area contributed by atoms with E-state index in [2.05, 4.69) is 39.4 Å². The first-order valence-electron chi connectivity index (χ1n) is 5.85. The molecule has 0 aromatic heterocycles. The molecule has 0 aromatic rings. The van der Waals surface area contributed by atoms with Gasteiger partial charge in [0.2, 0.25) is 0 Å². The first kappa shape index (κ1) is 16.1. The monoisotopic (exact) mass is 199 g/mol. The SMILES string of the molecule is C=CCCC(CC(C)C)N(C)C.CC. The minimum Gasteiger partial charge on any atom is -0.306 e. The highest BCUT2D eigenvalue weighted by Crippen LogP contribution is 2.13. The Morgan fingerprint density at radius 2 is 1.71 bits per heavy atom. The van der Waals surface area contributed by atoms with Gasteiger partial charge in [0.05, 0.1) is 0 Å². The van der Waals surface area contributed by atoms with Gasteiger partial charge in [-0.1, -0.05) is 33.8 Å². The molecule has 0 rings (SSSR count).